The fourth-order valence-electron chi connectivity index (χ4n) is 2.26. The van der Waals surface area contributed by atoms with Gasteiger partial charge in [-0.1, -0.05) is 25.4 Å². The topological polar surface area (TPSA) is 76.2 Å². The number of carbonyl (C=O) groups is 1. The standard InChI is InChI=1S/C14H22N2O3S/c1-9(2)14(3,13(17)18)8-11-15-12(16-19-11)10-6-4-5-7-20-10/h9-10H,4-8H2,1-3H3,(H,17,18). The summed E-state index contributed by atoms with van der Waals surface area (Å²) in [5.74, 6) is 1.47. The van der Waals surface area contributed by atoms with Crippen LogP contribution >= 0.6 is 11.8 Å². The number of thioether (sulfide) groups is 1. The first-order valence-corrected chi connectivity index (χ1v) is 8.16. The van der Waals surface area contributed by atoms with Gasteiger partial charge in [-0.2, -0.15) is 16.7 Å². The maximum atomic E-state index is 11.5. The third kappa shape index (κ3) is 3.16. The molecule has 6 heteroatoms. The Labute approximate surface area is 123 Å². The number of aromatic nitrogens is 2. The Morgan fingerprint density at radius 3 is 2.85 bits per heavy atom. The second-order valence-electron chi connectivity index (χ2n) is 5.96. The molecule has 5 nitrogen and oxygen atoms in total. The van der Waals surface area contributed by atoms with Gasteiger partial charge in [-0.25, -0.2) is 0 Å². The first-order chi connectivity index (χ1) is 9.43. The van der Waals surface area contributed by atoms with Gasteiger partial charge in [0.25, 0.3) is 0 Å². The number of rotatable bonds is 5. The van der Waals surface area contributed by atoms with Crippen LogP contribution in [0.25, 0.3) is 0 Å². The lowest BCUT2D eigenvalue weighted by atomic mass is 9.76. The third-order valence-electron chi connectivity index (χ3n) is 4.23. The summed E-state index contributed by atoms with van der Waals surface area (Å²) in [6.45, 7) is 5.55. The van der Waals surface area contributed by atoms with E-state index in [1.165, 1.54) is 12.8 Å². The predicted molar refractivity (Wildman–Crippen MR) is 77.6 cm³/mol. The monoisotopic (exact) mass is 298 g/mol. The summed E-state index contributed by atoms with van der Waals surface area (Å²) < 4.78 is 5.28. The van der Waals surface area contributed by atoms with Crippen molar-refractivity contribution in [1.29, 1.82) is 0 Å². The molecule has 0 spiro atoms. The molecule has 0 bridgehead atoms. The van der Waals surface area contributed by atoms with E-state index < -0.39 is 11.4 Å². The van der Waals surface area contributed by atoms with E-state index in [-0.39, 0.29) is 12.3 Å². The summed E-state index contributed by atoms with van der Waals surface area (Å²) >= 11 is 1.86. The molecule has 1 aromatic heterocycles. The van der Waals surface area contributed by atoms with Gasteiger partial charge in [0, 0.05) is 6.42 Å². The molecule has 2 rings (SSSR count). The molecule has 2 heterocycles. The molecule has 1 aliphatic rings. The fraction of sp³-hybridized carbons (Fsp3) is 0.786. The van der Waals surface area contributed by atoms with E-state index in [0.29, 0.717) is 11.1 Å². The van der Waals surface area contributed by atoms with Gasteiger partial charge in [0.2, 0.25) is 5.89 Å². The van der Waals surface area contributed by atoms with Crippen LogP contribution in [-0.4, -0.2) is 27.0 Å². The van der Waals surface area contributed by atoms with Gasteiger partial charge >= 0.3 is 5.97 Å². The number of hydrogen-bond acceptors (Lipinski definition) is 5. The number of aliphatic carboxylic acids is 1. The Balaban J connectivity index is 2.10. The number of carboxylic acids is 1. The molecule has 0 aromatic carbocycles. The van der Waals surface area contributed by atoms with E-state index in [0.717, 1.165) is 18.0 Å². The molecule has 1 aliphatic heterocycles. The highest BCUT2D eigenvalue weighted by molar-refractivity contribution is 7.99. The molecule has 1 fully saturated rings. The zero-order chi connectivity index (χ0) is 14.8. The van der Waals surface area contributed by atoms with Crippen molar-refractivity contribution in [3.63, 3.8) is 0 Å². The largest absolute Gasteiger partial charge is 0.481 e. The zero-order valence-corrected chi connectivity index (χ0v) is 13.1. The van der Waals surface area contributed by atoms with Crippen LogP contribution in [-0.2, 0) is 11.2 Å². The van der Waals surface area contributed by atoms with Crippen molar-refractivity contribution in [2.75, 3.05) is 5.75 Å². The minimum absolute atomic E-state index is 0.000550. The van der Waals surface area contributed by atoms with Crippen molar-refractivity contribution in [3.05, 3.63) is 11.7 Å². The van der Waals surface area contributed by atoms with Crippen LogP contribution in [0.3, 0.4) is 0 Å². The summed E-state index contributed by atoms with van der Waals surface area (Å²) in [5, 5.41) is 13.8. The van der Waals surface area contributed by atoms with Crippen molar-refractivity contribution in [2.45, 2.75) is 51.7 Å². The van der Waals surface area contributed by atoms with Gasteiger partial charge in [-0.05, 0) is 31.4 Å². The predicted octanol–water partition coefficient (Wildman–Crippen LogP) is 3.32. The highest BCUT2D eigenvalue weighted by Gasteiger charge is 2.39. The van der Waals surface area contributed by atoms with Gasteiger partial charge in [0.1, 0.15) is 0 Å². The second-order valence-corrected chi connectivity index (χ2v) is 7.27. The lowest BCUT2D eigenvalue weighted by Gasteiger charge is -2.27. The van der Waals surface area contributed by atoms with Crippen LogP contribution in [0, 0.1) is 11.3 Å². The van der Waals surface area contributed by atoms with E-state index in [2.05, 4.69) is 10.1 Å². The van der Waals surface area contributed by atoms with Crippen LogP contribution in [0.2, 0.25) is 0 Å². The molecule has 1 saturated heterocycles. The molecule has 0 amide bonds. The van der Waals surface area contributed by atoms with Crippen molar-refractivity contribution < 1.29 is 14.4 Å². The molecule has 0 radical (unpaired) electrons. The van der Waals surface area contributed by atoms with Crippen molar-refractivity contribution in [3.8, 4) is 0 Å². The number of hydrogen-bond donors (Lipinski definition) is 1. The molecule has 0 saturated carbocycles. The van der Waals surface area contributed by atoms with Crippen molar-refractivity contribution in [1.82, 2.24) is 10.1 Å². The van der Waals surface area contributed by atoms with Crippen LogP contribution in [0.4, 0.5) is 0 Å². The quantitative estimate of drug-likeness (QED) is 0.898. The van der Waals surface area contributed by atoms with Gasteiger partial charge in [0.15, 0.2) is 5.82 Å². The third-order valence-corrected chi connectivity index (χ3v) is 5.61. The van der Waals surface area contributed by atoms with E-state index in [1.807, 2.05) is 25.6 Å². The highest BCUT2D eigenvalue weighted by Crippen LogP contribution is 2.37. The summed E-state index contributed by atoms with van der Waals surface area (Å²) in [6, 6.07) is 0. The van der Waals surface area contributed by atoms with E-state index in [4.69, 9.17) is 4.52 Å². The van der Waals surface area contributed by atoms with Gasteiger partial charge in [-0.15, -0.1) is 0 Å². The summed E-state index contributed by atoms with van der Waals surface area (Å²) in [6.07, 6.45) is 3.80. The number of nitrogens with zero attached hydrogens (tertiary/aromatic N) is 2. The summed E-state index contributed by atoms with van der Waals surface area (Å²) in [5.41, 5.74) is -0.872. The van der Waals surface area contributed by atoms with Gasteiger partial charge < -0.3 is 9.63 Å². The Kier molecular flexibility index (Phi) is 4.73. The minimum atomic E-state index is -0.872. The van der Waals surface area contributed by atoms with Crippen LogP contribution in [0.15, 0.2) is 4.52 Å². The van der Waals surface area contributed by atoms with Crippen LogP contribution < -0.4 is 0 Å². The molecular formula is C14H22N2O3S. The minimum Gasteiger partial charge on any atom is -0.481 e. The molecule has 2 atom stereocenters. The smallest absolute Gasteiger partial charge is 0.310 e. The molecule has 1 N–H and O–H groups in total. The van der Waals surface area contributed by atoms with E-state index >= 15 is 0 Å². The van der Waals surface area contributed by atoms with Crippen molar-refractivity contribution >= 4 is 17.7 Å². The van der Waals surface area contributed by atoms with Crippen molar-refractivity contribution in [2.24, 2.45) is 11.3 Å². The maximum Gasteiger partial charge on any atom is 0.310 e. The van der Waals surface area contributed by atoms with E-state index in [1.54, 1.807) is 6.92 Å². The Morgan fingerprint density at radius 1 is 1.55 bits per heavy atom. The summed E-state index contributed by atoms with van der Waals surface area (Å²) in [4.78, 5) is 15.9. The second kappa shape index (κ2) is 6.16. The first kappa shape index (κ1) is 15.4. The Morgan fingerprint density at radius 2 is 2.30 bits per heavy atom. The van der Waals surface area contributed by atoms with E-state index in [9.17, 15) is 9.90 Å². The zero-order valence-electron chi connectivity index (χ0n) is 12.3. The molecule has 0 aliphatic carbocycles. The fourth-order valence-corrected chi connectivity index (χ4v) is 3.49. The van der Waals surface area contributed by atoms with Gasteiger partial charge in [-0.3, -0.25) is 4.79 Å². The van der Waals surface area contributed by atoms with Crippen LogP contribution in [0.5, 0.6) is 0 Å². The number of carboxylic acid groups (broad SMARTS) is 1. The van der Waals surface area contributed by atoms with Crippen LogP contribution in [0.1, 0.15) is 57.0 Å². The lowest BCUT2D eigenvalue weighted by Crippen LogP contribution is -2.35. The lowest BCUT2D eigenvalue weighted by molar-refractivity contribution is -0.150. The summed E-state index contributed by atoms with van der Waals surface area (Å²) in [7, 11) is 0. The Hall–Kier alpha value is -1.04. The SMILES string of the molecule is CC(C)C(C)(Cc1nc(C2CCCCS2)no1)C(=O)O. The van der Waals surface area contributed by atoms with Gasteiger partial charge in [0.05, 0.1) is 10.7 Å². The molecule has 1 aromatic rings. The average molecular weight is 298 g/mol. The molecule has 2 unspecified atom stereocenters. The molecular weight excluding hydrogens is 276 g/mol. The first-order valence-electron chi connectivity index (χ1n) is 7.11. The highest BCUT2D eigenvalue weighted by atomic mass is 32.2. The normalized spacial score (nSPS) is 22.7. The average Bonchev–Trinajstić information content (AvgIpc) is 2.87. The maximum absolute atomic E-state index is 11.5. The molecule has 20 heavy (non-hydrogen) atoms. The molecule has 112 valence electrons. The Bertz CT molecular complexity index is 469.